The van der Waals surface area contributed by atoms with Crippen molar-refractivity contribution in [1.29, 1.82) is 0 Å². The third kappa shape index (κ3) is 1.73. The molecule has 3 heteroatoms. The van der Waals surface area contributed by atoms with Gasteiger partial charge < -0.3 is 10.1 Å². The summed E-state index contributed by atoms with van der Waals surface area (Å²) in [5.41, 5.74) is 1.11. The summed E-state index contributed by atoms with van der Waals surface area (Å²) in [4.78, 5) is 0. The molecule has 0 aliphatic carbocycles. The Kier molecular flexibility index (Phi) is 2.68. The van der Waals surface area contributed by atoms with Crippen molar-refractivity contribution in [2.75, 3.05) is 13.7 Å². The molecule has 1 atom stereocenters. The monoisotopic (exact) mass is 195 g/mol. The second-order valence-electron chi connectivity index (χ2n) is 3.54. The molecule has 1 fully saturated rings. The third-order valence-corrected chi connectivity index (χ3v) is 2.64. The highest BCUT2D eigenvalue weighted by atomic mass is 19.1. The molecule has 0 aromatic heterocycles. The van der Waals surface area contributed by atoms with E-state index in [2.05, 4.69) is 5.32 Å². The smallest absolute Gasteiger partial charge is 0.165 e. The summed E-state index contributed by atoms with van der Waals surface area (Å²) in [6.07, 6.45) is 2.30. The van der Waals surface area contributed by atoms with E-state index < -0.39 is 0 Å². The lowest BCUT2D eigenvalue weighted by Gasteiger charge is -2.12. The van der Waals surface area contributed by atoms with Gasteiger partial charge in [-0.3, -0.25) is 0 Å². The molecule has 2 nitrogen and oxygen atoms in total. The van der Waals surface area contributed by atoms with E-state index in [4.69, 9.17) is 4.74 Å². The van der Waals surface area contributed by atoms with E-state index in [0.29, 0.717) is 11.8 Å². The first kappa shape index (κ1) is 9.46. The fraction of sp³-hybridized carbons (Fsp3) is 0.455. The molecule has 0 bridgehead atoms. The maximum Gasteiger partial charge on any atom is 0.165 e. The van der Waals surface area contributed by atoms with E-state index in [0.717, 1.165) is 18.5 Å². The van der Waals surface area contributed by atoms with E-state index in [1.165, 1.54) is 19.6 Å². The predicted molar refractivity (Wildman–Crippen MR) is 52.9 cm³/mol. The zero-order chi connectivity index (χ0) is 9.97. The summed E-state index contributed by atoms with van der Waals surface area (Å²) in [6.45, 7) is 1.05. The second-order valence-corrected chi connectivity index (χ2v) is 3.54. The van der Waals surface area contributed by atoms with Crippen LogP contribution in [0, 0.1) is 5.82 Å². The molecule has 0 saturated carbocycles. The van der Waals surface area contributed by atoms with Crippen molar-refractivity contribution in [2.24, 2.45) is 0 Å². The van der Waals surface area contributed by atoms with E-state index >= 15 is 0 Å². The van der Waals surface area contributed by atoms with Gasteiger partial charge in [-0.1, -0.05) is 6.07 Å². The largest absolute Gasteiger partial charge is 0.494 e. The number of nitrogens with one attached hydrogen (secondary N) is 1. The Morgan fingerprint density at radius 1 is 1.50 bits per heavy atom. The normalized spacial score (nSPS) is 21.1. The average Bonchev–Trinajstić information content (AvgIpc) is 2.71. The van der Waals surface area contributed by atoms with Gasteiger partial charge in [-0.25, -0.2) is 4.39 Å². The van der Waals surface area contributed by atoms with Crippen LogP contribution >= 0.6 is 0 Å². The summed E-state index contributed by atoms with van der Waals surface area (Å²) < 4.78 is 18.1. The van der Waals surface area contributed by atoms with Crippen LogP contribution in [0.1, 0.15) is 24.4 Å². The van der Waals surface area contributed by atoms with E-state index in [1.54, 1.807) is 6.07 Å². The van der Waals surface area contributed by atoms with Crippen molar-refractivity contribution >= 4 is 0 Å². The maximum absolute atomic E-state index is 13.1. The Hall–Kier alpha value is -1.09. The van der Waals surface area contributed by atoms with Crippen molar-refractivity contribution in [3.05, 3.63) is 29.6 Å². The van der Waals surface area contributed by atoms with Crippen molar-refractivity contribution in [3.8, 4) is 5.75 Å². The van der Waals surface area contributed by atoms with Crippen LogP contribution in [0.25, 0.3) is 0 Å². The van der Waals surface area contributed by atoms with Crippen LogP contribution in [0.3, 0.4) is 0 Å². The summed E-state index contributed by atoms with van der Waals surface area (Å²) in [6, 6.07) is 5.43. The highest BCUT2D eigenvalue weighted by Crippen LogP contribution is 2.27. The van der Waals surface area contributed by atoms with E-state index in [1.807, 2.05) is 6.07 Å². The van der Waals surface area contributed by atoms with Crippen LogP contribution in [-0.2, 0) is 0 Å². The van der Waals surface area contributed by atoms with Crippen molar-refractivity contribution in [3.63, 3.8) is 0 Å². The number of hydrogen-bond donors (Lipinski definition) is 1. The van der Waals surface area contributed by atoms with Crippen molar-refractivity contribution in [1.82, 2.24) is 5.32 Å². The molecule has 1 aliphatic heterocycles. The molecule has 0 unspecified atom stereocenters. The van der Waals surface area contributed by atoms with E-state index in [-0.39, 0.29) is 5.82 Å². The number of hydrogen-bond acceptors (Lipinski definition) is 2. The molecule has 0 amide bonds. The van der Waals surface area contributed by atoms with Crippen LogP contribution in [-0.4, -0.2) is 13.7 Å². The van der Waals surface area contributed by atoms with Crippen LogP contribution in [0.5, 0.6) is 5.75 Å². The highest BCUT2D eigenvalue weighted by molar-refractivity contribution is 5.32. The molecule has 2 rings (SSSR count). The maximum atomic E-state index is 13.1. The summed E-state index contributed by atoms with van der Waals surface area (Å²) in [5.74, 6) is 0.0328. The molecule has 14 heavy (non-hydrogen) atoms. The number of rotatable bonds is 2. The van der Waals surface area contributed by atoms with Gasteiger partial charge in [0.2, 0.25) is 0 Å². The summed E-state index contributed by atoms with van der Waals surface area (Å²) in [7, 11) is 1.49. The fourth-order valence-electron chi connectivity index (χ4n) is 1.86. The molecule has 1 aromatic rings. The molecule has 1 aliphatic rings. The lowest BCUT2D eigenvalue weighted by molar-refractivity contribution is 0.385. The Labute approximate surface area is 83.1 Å². The lowest BCUT2D eigenvalue weighted by atomic mass is 10.1. The standard InChI is InChI=1S/C11H14FNO/c1-14-11-7-8(4-5-9(11)12)10-3-2-6-13-10/h4-5,7,10,13H,2-3,6H2,1H3/t10-/m0/s1. The molecule has 0 spiro atoms. The quantitative estimate of drug-likeness (QED) is 0.781. The van der Waals surface area contributed by atoms with Gasteiger partial charge >= 0.3 is 0 Å². The Balaban J connectivity index is 2.25. The van der Waals surface area contributed by atoms with Crippen LogP contribution in [0.4, 0.5) is 4.39 Å². The second kappa shape index (κ2) is 3.96. The molecule has 1 aromatic carbocycles. The first-order chi connectivity index (χ1) is 6.81. The zero-order valence-corrected chi connectivity index (χ0v) is 8.22. The summed E-state index contributed by atoms with van der Waals surface area (Å²) in [5, 5.41) is 3.37. The van der Waals surface area contributed by atoms with Gasteiger partial charge in [0, 0.05) is 6.04 Å². The minimum atomic E-state index is -0.297. The summed E-state index contributed by atoms with van der Waals surface area (Å²) >= 11 is 0. The van der Waals surface area contributed by atoms with Crippen LogP contribution < -0.4 is 10.1 Å². The number of ether oxygens (including phenoxy) is 1. The van der Waals surface area contributed by atoms with Gasteiger partial charge in [-0.15, -0.1) is 0 Å². The van der Waals surface area contributed by atoms with Gasteiger partial charge in [0.15, 0.2) is 11.6 Å². The van der Waals surface area contributed by atoms with Crippen LogP contribution in [0.15, 0.2) is 18.2 Å². The van der Waals surface area contributed by atoms with E-state index in [9.17, 15) is 4.39 Å². The van der Waals surface area contributed by atoms with Gasteiger partial charge in [0.1, 0.15) is 0 Å². The lowest BCUT2D eigenvalue weighted by Crippen LogP contribution is -2.12. The topological polar surface area (TPSA) is 21.3 Å². The van der Waals surface area contributed by atoms with Crippen molar-refractivity contribution in [2.45, 2.75) is 18.9 Å². The first-order valence-electron chi connectivity index (χ1n) is 4.88. The average molecular weight is 195 g/mol. The highest BCUT2D eigenvalue weighted by Gasteiger charge is 2.17. The minimum Gasteiger partial charge on any atom is -0.494 e. The first-order valence-corrected chi connectivity index (χ1v) is 4.88. The predicted octanol–water partition coefficient (Wildman–Crippen LogP) is 2.26. The van der Waals surface area contributed by atoms with Crippen molar-refractivity contribution < 1.29 is 9.13 Å². The molecular weight excluding hydrogens is 181 g/mol. The molecule has 76 valence electrons. The number of halogens is 1. The number of methoxy groups -OCH3 is 1. The molecule has 1 N–H and O–H groups in total. The Bertz CT molecular complexity index is 321. The zero-order valence-electron chi connectivity index (χ0n) is 8.22. The van der Waals surface area contributed by atoms with Gasteiger partial charge in [-0.05, 0) is 37.1 Å². The van der Waals surface area contributed by atoms with Crippen LogP contribution in [0.2, 0.25) is 0 Å². The molecular formula is C11H14FNO. The Morgan fingerprint density at radius 2 is 2.36 bits per heavy atom. The molecule has 0 radical (unpaired) electrons. The van der Waals surface area contributed by atoms with Gasteiger partial charge in [0.05, 0.1) is 7.11 Å². The van der Waals surface area contributed by atoms with Gasteiger partial charge in [-0.2, -0.15) is 0 Å². The van der Waals surface area contributed by atoms with Gasteiger partial charge in [0.25, 0.3) is 0 Å². The minimum absolute atomic E-state index is 0.297. The third-order valence-electron chi connectivity index (χ3n) is 2.64. The number of benzene rings is 1. The fourth-order valence-corrected chi connectivity index (χ4v) is 1.86. The Morgan fingerprint density at radius 3 is 3.00 bits per heavy atom. The SMILES string of the molecule is COc1cc([C@@H]2CCCN2)ccc1F. The molecule has 1 saturated heterocycles. The molecule has 1 heterocycles.